The first-order valence-electron chi connectivity index (χ1n) is 23.0. The van der Waals surface area contributed by atoms with Gasteiger partial charge < -0.3 is 9.32 Å². The minimum Gasteiger partial charge on any atom is -0.453 e. The van der Waals surface area contributed by atoms with E-state index < -0.39 is 5.41 Å². The van der Waals surface area contributed by atoms with Crippen molar-refractivity contribution in [2.45, 2.75) is 24.7 Å². The van der Waals surface area contributed by atoms with Crippen LogP contribution in [0.5, 0.6) is 0 Å². The van der Waals surface area contributed by atoms with Crippen LogP contribution in [-0.4, -0.2) is 0 Å². The Bertz CT molecular complexity index is 3520. The van der Waals surface area contributed by atoms with Crippen LogP contribution < -0.4 is 4.90 Å². The first-order valence-corrected chi connectivity index (χ1v) is 23.0. The lowest BCUT2D eigenvalue weighted by atomic mass is 9.55. The fourth-order valence-corrected chi connectivity index (χ4v) is 11.5. The van der Waals surface area contributed by atoms with E-state index in [9.17, 15) is 0 Å². The summed E-state index contributed by atoms with van der Waals surface area (Å²) in [5.74, 6) is 0. The van der Waals surface area contributed by atoms with Gasteiger partial charge in [0.2, 0.25) is 0 Å². The molecule has 10 aromatic carbocycles. The molecule has 11 aromatic rings. The number of rotatable bonds is 6. The van der Waals surface area contributed by atoms with E-state index in [-0.39, 0.29) is 5.41 Å². The second-order valence-corrected chi connectivity index (χ2v) is 18.4. The van der Waals surface area contributed by atoms with Gasteiger partial charge in [0.05, 0.1) is 11.1 Å². The third-order valence-corrected chi connectivity index (χ3v) is 14.6. The van der Waals surface area contributed by atoms with Gasteiger partial charge in [-0.1, -0.05) is 214 Å². The highest BCUT2D eigenvalue weighted by Gasteiger charge is 2.53. The van der Waals surface area contributed by atoms with Crippen molar-refractivity contribution in [1.82, 2.24) is 0 Å². The van der Waals surface area contributed by atoms with E-state index in [0.717, 1.165) is 50.1 Å². The first-order chi connectivity index (χ1) is 32.5. The molecule has 0 aliphatic heterocycles. The Hall–Kier alpha value is -8.20. The molecule has 13 rings (SSSR count). The van der Waals surface area contributed by atoms with Crippen molar-refractivity contribution in [3.05, 3.63) is 270 Å². The molecule has 0 N–H and O–H groups in total. The Kier molecular flexibility index (Phi) is 8.51. The Morgan fingerprint density at radius 2 is 0.758 bits per heavy atom. The van der Waals surface area contributed by atoms with Crippen molar-refractivity contribution in [3.8, 4) is 44.5 Å². The van der Waals surface area contributed by atoms with E-state index >= 15 is 0 Å². The third kappa shape index (κ3) is 5.55. The number of fused-ring (bicyclic) bond motifs is 12. The molecule has 2 aliphatic carbocycles. The molecule has 1 heterocycles. The molecule has 2 aliphatic rings. The summed E-state index contributed by atoms with van der Waals surface area (Å²) in [6.45, 7) is 4.76. The quantitative estimate of drug-likeness (QED) is 0.166. The van der Waals surface area contributed by atoms with Crippen molar-refractivity contribution in [1.29, 1.82) is 0 Å². The Morgan fingerprint density at radius 1 is 0.318 bits per heavy atom. The van der Waals surface area contributed by atoms with Gasteiger partial charge in [-0.2, -0.15) is 0 Å². The van der Waals surface area contributed by atoms with Gasteiger partial charge in [-0.25, -0.2) is 0 Å². The predicted octanol–water partition coefficient (Wildman–Crippen LogP) is 17.1. The van der Waals surface area contributed by atoms with Crippen molar-refractivity contribution in [3.63, 3.8) is 0 Å². The lowest BCUT2D eigenvalue weighted by Gasteiger charge is -2.46. The van der Waals surface area contributed by atoms with Gasteiger partial charge in [-0.15, -0.1) is 0 Å². The van der Waals surface area contributed by atoms with Crippen LogP contribution in [0.15, 0.2) is 241 Å². The van der Waals surface area contributed by atoms with Crippen molar-refractivity contribution in [2.75, 3.05) is 4.90 Å². The molecular weight excluding hydrogens is 799 g/mol. The Morgan fingerprint density at radius 3 is 1.35 bits per heavy atom. The number of nitrogens with zero attached hydrogens (tertiary/aromatic N) is 1. The molecule has 0 radical (unpaired) electrons. The largest absolute Gasteiger partial charge is 0.453 e. The summed E-state index contributed by atoms with van der Waals surface area (Å²) < 4.78 is 7.30. The summed E-state index contributed by atoms with van der Waals surface area (Å²) in [4.78, 5) is 2.34. The number of benzene rings is 10. The minimum atomic E-state index is -0.480. The van der Waals surface area contributed by atoms with Crippen LogP contribution >= 0.6 is 0 Å². The molecule has 0 amide bonds. The lowest BCUT2D eigenvalue weighted by Crippen LogP contribution is -2.40. The zero-order valence-corrected chi connectivity index (χ0v) is 36.9. The summed E-state index contributed by atoms with van der Waals surface area (Å²) in [5.41, 5.74) is 21.8. The van der Waals surface area contributed by atoms with Gasteiger partial charge in [0.1, 0.15) is 5.58 Å². The topological polar surface area (TPSA) is 16.4 Å². The maximum Gasteiger partial charge on any atom is 0.159 e. The maximum atomic E-state index is 7.30. The van der Waals surface area contributed by atoms with Crippen LogP contribution in [0, 0.1) is 0 Å². The maximum absolute atomic E-state index is 7.30. The molecule has 0 bridgehead atoms. The van der Waals surface area contributed by atoms with E-state index in [0.29, 0.717) is 0 Å². The molecule has 2 nitrogen and oxygen atoms in total. The standard InChI is InChI=1S/C64H45NO/c1-63(2)55-26-11-13-28-57(55)64(58-29-14-12-27-56(58)63)54-25-10-9-21-50(54)51-40-35-46(41-59(51)64)49-22-15-23-52-53-24-16-30-60(62(53)66-61(49)52)65(47-36-31-44(32-37-47)42-17-5-3-6-18-42)48-38-33-45(34-39-48)43-19-7-4-8-20-43/h3-41H,1-2H3. The molecule has 0 saturated carbocycles. The lowest BCUT2D eigenvalue weighted by molar-refractivity contribution is 0.563. The molecule has 0 saturated heterocycles. The van der Waals surface area contributed by atoms with Crippen LogP contribution in [0.25, 0.3) is 66.4 Å². The van der Waals surface area contributed by atoms with Gasteiger partial charge >= 0.3 is 0 Å². The van der Waals surface area contributed by atoms with E-state index in [1.165, 1.54) is 66.8 Å². The minimum absolute atomic E-state index is 0.160. The molecule has 1 aromatic heterocycles. The number of hydrogen-bond donors (Lipinski definition) is 0. The zero-order valence-electron chi connectivity index (χ0n) is 36.9. The summed E-state index contributed by atoms with van der Waals surface area (Å²) in [5, 5.41) is 2.18. The smallest absolute Gasteiger partial charge is 0.159 e. The van der Waals surface area contributed by atoms with Crippen LogP contribution in [0.2, 0.25) is 0 Å². The molecule has 0 unspecified atom stereocenters. The van der Waals surface area contributed by atoms with E-state index in [1.807, 2.05) is 0 Å². The molecule has 312 valence electrons. The van der Waals surface area contributed by atoms with E-state index in [1.54, 1.807) is 0 Å². The molecular formula is C64H45NO. The van der Waals surface area contributed by atoms with Crippen LogP contribution in [0.1, 0.15) is 47.2 Å². The summed E-state index contributed by atoms with van der Waals surface area (Å²) in [6.07, 6.45) is 0. The SMILES string of the molecule is CC1(C)c2ccccc2C2(c3ccccc3-c3ccc(-c4cccc5c4oc4c(N(c6ccc(-c7ccccc7)cc6)c6ccc(-c7ccccc7)cc6)cccc45)cc32)c2ccccc21. The number of para-hydroxylation sites is 2. The van der Waals surface area contributed by atoms with Gasteiger partial charge in [0.15, 0.2) is 5.58 Å². The Balaban J connectivity index is 1.000. The number of furan rings is 1. The fraction of sp³-hybridized carbons (Fsp3) is 0.0625. The normalized spacial score (nSPS) is 13.8. The summed E-state index contributed by atoms with van der Waals surface area (Å²) >= 11 is 0. The van der Waals surface area contributed by atoms with Crippen LogP contribution in [0.4, 0.5) is 17.1 Å². The summed E-state index contributed by atoms with van der Waals surface area (Å²) in [6, 6.07) is 86.6. The van der Waals surface area contributed by atoms with Crippen molar-refractivity contribution >= 4 is 39.0 Å². The Labute approximate surface area is 385 Å². The van der Waals surface area contributed by atoms with Crippen molar-refractivity contribution < 1.29 is 4.42 Å². The number of hydrogen-bond acceptors (Lipinski definition) is 2. The van der Waals surface area contributed by atoms with Gasteiger partial charge in [0, 0.05) is 33.1 Å². The molecule has 0 fully saturated rings. The predicted molar refractivity (Wildman–Crippen MR) is 274 cm³/mol. The van der Waals surface area contributed by atoms with E-state index in [2.05, 4.69) is 255 Å². The average Bonchev–Trinajstić information content (AvgIpc) is 3.91. The van der Waals surface area contributed by atoms with Crippen LogP contribution in [-0.2, 0) is 10.8 Å². The summed E-state index contributed by atoms with van der Waals surface area (Å²) in [7, 11) is 0. The second kappa shape index (κ2) is 14.7. The van der Waals surface area contributed by atoms with Crippen molar-refractivity contribution in [2.24, 2.45) is 0 Å². The molecule has 1 spiro atoms. The third-order valence-electron chi connectivity index (χ3n) is 14.6. The first kappa shape index (κ1) is 38.3. The average molecular weight is 844 g/mol. The zero-order chi connectivity index (χ0) is 44.0. The highest BCUT2D eigenvalue weighted by Crippen LogP contribution is 2.62. The molecule has 0 atom stereocenters. The van der Waals surface area contributed by atoms with E-state index in [4.69, 9.17) is 4.42 Å². The molecule has 66 heavy (non-hydrogen) atoms. The van der Waals surface area contributed by atoms with Gasteiger partial charge in [0.25, 0.3) is 0 Å². The monoisotopic (exact) mass is 843 g/mol. The van der Waals surface area contributed by atoms with Gasteiger partial charge in [-0.3, -0.25) is 0 Å². The second-order valence-electron chi connectivity index (χ2n) is 18.4. The molecule has 2 heteroatoms. The number of anilines is 3. The highest BCUT2D eigenvalue weighted by molar-refractivity contribution is 6.13. The van der Waals surface area contributed by atoms with Gasteiger partial charge in [-0.05, 0) is 109 Å². The highest BCUT2D eigenvalue weighted by atomic mass is 16.3. The van der Waals surface area contributed by atoms with Crippen LogP contribution in [0.3, 0.4) is 0 Å². The fourth-order valence-electron chi connectivity index (χ4n) is 11.5.